The summed E-state index contributed by atoms with van der Waals surface area (Å²) in [6.45, 7) is 2.09. The van der Waals surface area contributed by atoms with Crippen molar-refractivity contribution in [3.05, 3.63) is 47.0 Å². The number of esters is 1. The van der Waals surface area contributed by atoms with E-state index >= 15 is 0 Å². The van der Waals surface area contributed by atoms with E-state index in [1.165, 1.54) is 45.4 Å². The van der Waals surface area contributed by atoms with Crippen LogP contribution in [-0.2, 0) is 23.4 Å². The van der Waals surface area contributed by atoms with E-state index in [1.807, 2.05) is 0 Å². The summed E-state index contributed by atoms with van der Waals surface area (Å²) in [6.07, 6.45) is -2.92. The summed E-state index contributed by atoms with van der Waals surface area (Å²) in [5, 5.41) is 24.0. The van der Waals surface area contributed by atoms with Crippen LogP contribution in [0.1, 0.15) is 20.1 Å². The Morgan fingerprint density at radius 2 is 1.94 bits per heavy atom. The lowest BCUT2D eigenvalue weighted by Gasteiger charge is -2.27. The zero-order valence-corrected chi connectivity index (χ0v) is 21.0. The number of aromatic nitrogens is 2. The number of nitrogens with two attached hydrogens (primary N) is 1. The Hall–Kier alpha value is -3.00. The largest absolute Gasteiger partial charge is 0.497 e. The van der Waals surface area contributed by atoms with Gasteiger partial charge in [-0.3, -0.25) is 13.9 Å². The molecule has 0 bridgehead atoms. The van der Waals surface area contributed by atoms with E-state index in [4.69, 9.17) is 24.3 Å². The molecule has 3 rings (SSSR count). The highest BCUT2D eigenvalue weighted by Crippen LogP contribution is 2.47. The third-order valence-electron chi connectivity index (χ3n) is 5.46. The number of rotatable bonds is 10. The topological polar surface area (TPSA) is 194 Å². The average molecular weight is 528 g/mol. The Morgan fingerprint density at radius 3 is 2.53 bits per heavy atom. The smallest absolute Gasteiger partial charge is 0.459 e. The van der Waals surface area contributed by atoms with Crippen molar-refractivity contribution in [3.63, 3.8) is 0 Å². The second kappa shape index (κ2) is 10.9. The molecule has 6 atom stereocenters. The first-order chi connectivity index (χ1) is 16.9. The van der Waals surface area contributed by atoms with Crippen molar-refractivity contribution >= 4 is 19.5 Å². The van der Waals surface area contributed by atoms with Crippen molar-refractivity contribution in [1.29, 1.82) is 0 Å². The van der Waals surface area contributed by atoms with Gasteiger partial charge in [-0.15, -0.1) is 0 Å². The molecule has 0 aliphatic carbocycles. The molecule has 0 amide bonds. The molecule has 1 unspecified atom stereocenters. The predicted octanol–water partition coefficient (Wildman–Crippen LogP) is 0.198. The first-order valence-electron chi connectivity index (χ1n) is 10.7. The van der Waals surface area contributed by atoms with Crippen LogP contribution >= 0.6 is 7.75 Å². The Kier molecular flexibility index (Phi) is 8.39. The molecule has 1 aliphatic heterocycles. The van der Waals surface area contributed by atoms with Crippen LogP contribution in [0.3, 0.4) is 0 Å². The van der Waals surface area contributed by atoms with Crippen LogP contribution in [0.15, 0.2) is 41.3 Å². The maximum absolute atomic E-state index is 13.6. The molecule has 0 radical (unpaired) electrons. The zero-order valence-electron chi connectivity index (χ0n) is 20.1. The molecule has 14 nitrogen and oxygen atoms in total. The van der Waals surface area contributed by atoms with E-state index < -0.39 is 56.1 Å². The first kappa shape index (κ1) is 27.6. The minimum absolute atomic E-state index is 0.0308. The average Bonchev–Trinajstić information content (AvgIpc) is 3.06. The third kappa shape index (κ3) is 6.03. The van der Waals surface area contributed by atoms with Gasteiger partial charge in [-0.05, 0) is 44.2 Å². The number of nitrogens with one attached hydrogen (secondary N) is 1. The van der Waals surface area contributed by atoms with Gasteiger partial charge in [-0.2, -0.15) is 10.1 Å². The van der Waals surface area contributed by atoms with Gasteiger partial charge in [0.05, 0.1) is 20.8 Å². The lowest BCUT2D eigenvalue weighted by Crippen LogP contribution is -2.46. The number of hydrogen-bond acceptors (Lipinski definition) is 12. The number of nitrogen functional groups attached to an aromatic ring is 1. The van der Waals surface area contributed by atoms with Gasteiger partial charge in [0, 0.05) is 6.20 Å². The second-order valence-corrected chi connectivity index (χ2v) is 9.87. The van der Waals surface area contributed by atoms with E-state index in [9.17, 15) is 24.4 Å². The summed E-state index contributed by atoms with van der Waals surface area (Å²) < 4.78 is 41.0. The number of carbonyl (C=O) groups is 1. The molecule has 2 heterocycles. The number of benzene rings is 1. The van der Waals surface area contributed by atoms with Gasteiger partial charge in [0.15, 0.2) is 6.23 Å². The van der Waals surface area contributed by atoms with E-state index in [-0.39, 0.29) is 11.6 Å². The lowest BCUT2D eigenvalue weighted by molar-refractivity contribution is -0.142. The summed E-state index contributed by atoms with van der Waals surface area (Å²) in [6, 6.07) is 6.31. The number of aliphatic hydroxyl groups excluding tert-OH is 1. The van der Waals surface area contributed by atoms with Crippen molar-refractivity contribution < 1.29 is 42.8 Å². The van der Waals surface area contributed by atoms with Crippen LogP contribution in [0.5, 0.6) is 11.5 Å². The Morgan fingerprint density at radius 1 is 1.31 bits per heavy atom. The van der Waals surface area contributed by atoms with Crippen LogP contribution in [0.25, 0.3) is 0 Å². The maximum Gasteiger partial charge on any atom is 0.459 e. The molecule has 1 aliphatic rings. The minimum Gasteiger partial charge on any atom is -0.497 e. The summed E-state index contributed by atoms with van der Waals surface area (Å²) >= 11 is 0. The minimum atomic E-state index is -4.28. The van der Waals surface area contributed by atoms with Gasteiger partial charge in [0.25, 0.3) is 0 Å². The summed E-state index contributed by atoms with van der Waals surface area (Å²) in [4.78, 5) is 27.7. The number of aliphatic hydroxyl groups is 2. The van der Waals surface area contributed by atoms with Gasteiger partial charge in [0.1, 0.15) is 41.2 Å². The molecular weight excluding hydrogens is 499 g/mol. The van der Waals surface area contributed by atoms with Crippen LogP contribution in [0, 0.1) is 0 Å². The molecular formula is C21H29N4O10P. The fourth-order valence-electron chi connectivity index (χ4n) is 3.49. The fraction of sp³-hybridized carbons (Fsp3) is 0.476. The highest BCUT2D eigenvalue weighted by atomic mass is 31.2. The van der Waals surface area contributed by atoms with E-state index in [2.05, 4.69) is 14.8 Å². The summed E-state index contributed by atoms with van der Waals surface area (Å²) in [7, 11) is -1.64. The lowest BCUT2D eigenvalue weighted by atomic mass is 9.96. The molecule has 5 N–H and O–H groups in total. The Balaban J connectivity index is 1.81. The highest BCUT2D eigenvalue weighted by Gasteiger charge is 2.54. The molecule has 0 spiro atoms. The SMILES string of the molecule is COC(=O)[C@H](C)NP(=O)(OC[C@H]1O[C@@H](n2ccc(N)nc2=O)[C@](C)(O)[C@@H]1O)Oc1ccc(OC)cc1. The fourth-order valence-corrected chi connectivity index (χ4v) is 4.99. The van der Waals surface area contributed by atoms with Gasteiger partial charge in [0.2, 0.25) is 0 Å². The molecule has 2 aromatic rings. The van der Waals surface area contributed by atoms with Gasteiger partial charge >= 0.3 is 19.4 Å². The molecule has 1 aromatic heterocycles. The monoisotopic (exact) mass is 528 g/mol. The van der Waals surface area contributed by atoms with Crippen molar-refractivity contribution in [2.45, 2.75) is 43.9 Å². The van der Waals surface area contributed by atoms with Crippen LogP contribution in [0.2, 0.25) is 0 Å². The van der Waals surface area contributed by atoms with Gasteiger partial charge in [-0.1, -0.05) is 0 Å². The molecule has 15 heteroatoms. The van der Waals surface area contributed by atoms with Crippen molar-refractivity contribution in [3.8, 4) is 11.5 Å². The molecule has 0 saturated carbocycles. The number of methoxy groups -OCH3 is 2. The Bertz CT molecular complexity index is 1170. The zero-order chi connectivity index (χ0) is 26.7. The highest BCUT2D eigenvalue weighted by molar-refractivity contribution is 7.52. The van der Waals surface area contributed by atoms with Gasteiger partial charge in [-0.25, -0.2) is 9.36 Å². The van der Waals surface area contributed by atoms with Crippen molar-refractivity contribution in [2.75, 3.05) is 26.6 Å². The van der Waals surface area contributed by atoms with E-state index in [0.717, 1.165) is 11.7 Å². The quantitative estimate of drug-likeness (QED) is 0.241. The van der Waals surface area contributed by atoms with Crippen LogP contribution in [0.4, 0.5) is 5.82 Å². The molecule has 1 aromatic carbocycles. The number of hydrogen-bond donors (Lipinski definition) is 4. The van der Waals surface area contributed by atoms with E-state index in [0.29, 0.717) is 5.75 Å². The standard InChI is InChI=1S/C21H29N4O10P/c1-12(18(27)32-4)24-36(30,35-14-7-5-13(31-3)6-8-14)33-11-15-17(26)21(2,29)19(34-15)25-10-9-16(22)23-20(25)28/h5-10,12,15,17,19,26,29H,11H2,1-4H3,(H,24,30)(H2,22,23,28)/t12-,15+,17+,19+,21+,36?/m0/s1. The second-order valence-electron chi connectivity index (χ2n) is 8.17. The molecule has 198 valence electrons. The van der Waals surface area contributed by atoms with Crippen molar-refractivity contribution in [2.24, 2.45) is 0 Å². The third-order valence-corrected chi connectivity index (χ3v) is 7.10. The number of nitrogens with zero attached hydrogens (tertiary/aromatic N) is 2. The normalized spacial score (nSPS) is 26.1. The van der Waals surface area contributed by atoms with Crippen LogP contribution < -0.4 is 25.8 Å². The first-order valence-corrected chi connectivity index (χ1v) is 12.3. The number of carbonyl (C=O) groups excluding carboxylic acids is 1. The number of anilines is 1. The Labute approximate surface area is 206 Å². The van der Waals surface area contributed by atoms with Crippen LogP contribution in [-0.4, -0.2) is 70.4 Å². The summed E-state index contributed by atoms with van der Waals surface area (Å²) in [5.74, 6) is -0.109. The molecule has 36 heavy (non-hydrogen) atoms. The number of ether oxygens (including phenoxy) is 3. The predicted molar refractivity (Wildman–Crippen MR) is 125 cm³/mol. The molecule has 1 fully saturated rings. The molecule has 1 saturated heterocycles. The van der Waals surface area contributed by atoms with E-state index in [1.54, 1.807) is 12.1 Å². The van der Waals surface area contributed by atoms with Gasteiger partial charge < -0.3 is 34.7 Å². The van der Waals surface area contributed by atoms with Crippen molar-refractivity contribution in [1.82, 2.24) is 14.6 Å². The maximum atomic E-state index is 13.6. The summed E-state index contributed by atoms with van der Waals surface area (Å²) in [5.41, 5.74) is 2.74.